The van der Waals surface area contributed by atoms with E-state index in [9.17, 15) is 22.0 Å². The number of halogens is 2. The summed E-state index contributed by atoms with van der Waals surface area (Å²) in [7, 11) is -3.78. The summed E-state index contributed by atoms with van der Waals surface area (Å²) in [5.74, 6) is -1.67. The van der Waals surface area contributed by atoms with E-state index in [1.54, 1.807) is 18.3 Å². The van der Waals surface area contributed by atoms with E-state index in [0.717, 1.165) is 43.5 Å². The molecule has 2 aliphatic rings. The van der Waals surface area contributed by atoms with Crippen LogP contribution in [0.3, 0.4) is 0 Å². The Balaban J connectivity index is 1.44. The predicted molar refractivity (Wildman–Crippen MR) is 124 cm³/mol. The van der Waals surface area contributed by atoms with Crippen molar-refractivity contribution < 1.29 is 22.0 Å². The molecule has 2 aromatic heterocycles. The first-order valence-corrected chi connectivity index (χ1v) is 13.1. The fourth-order valence-corrected chi connectivity index (χ4v) is 6.62. The Bertz CT molecular complexity index is 1340. The van der Waals surface area contributed by atoms with Gasteiger partial charge in [0.2, 0.25) is 10.0 Å². The SMILES string of the molecule is O=C(NS(=O)(=O)C1CCCCC1)c1cnn2ccc(N3CCCC3c3cc(F)ccc3F)cc12. The zero-order valence-corrected chi connectivity index (χ0v) is 19.4. The van der Waals surface area contributed by atoms with Gasteiger partial charge < -0.3 is 4.90 Å². The van der Waals surface area contributed by atoms with Crippen molar-refractivity contribution in [2.45, 2.75) is 56.2 Å². The van der Waals surface area contributed by atoms with Crippen LogP contribution in [0.2, 0.25) is 0 Å². The van der Waals surface area contributed by atoms with Crippen LogP contribution in [0.4, 0.5) is 14.5 Å². The highest BCUT2D eigenvalue weighted by atomic mass is 32.2. The molecule has 1 aromatic carbocycles. The van der Waals surface area contributed by atoms with Crippen LogP contribution in [0, 0.1) is 11.6 Å². The van der Waals surface area contributed by atoms with Crippen LogP contribution >= 0.6 is 0 Å². The molecule has 1 unspecified atom stereocenters. The van der Waals surface area contributed by atoms with Crippen molar-refractivity contribution in [2.75, 3.05) is 11.4 Å². The number of aromatic nitrogens is 2. The van der Waals surface area contributed by atoms with E-state index in [0.29, 0.717) is 36.9 Å². The molecule has 1 saturated heterocycles. The Kier molecular flexibility index (Phi) is 6.01. The van der Waals surface area contributed by atoms with E-state index < -0.39 is 32.8 Å². The molecule has 2 fully saturated rings. The van der Waals surface area contributed by atoms with Gasteiger partial charge in [-0.25, -0.2) is 26.4 Å². The molecular formula is C24H26F2N4O3S. The average Bonchev–Trinajstić information content (AvgIpc) is 3.48. The fraction of sp³-hybridized carbons (Fsp3) is 0.417. The van der Waals surface area contributed by atoms with Crippen LogP contribution in [-0.2, 0) is 10.0 Å². The number of nitrogens with one attached hydrogen (secondary N) is 1. The van der Waals surface area contributed by atoms with Gasteiger partial charge in [0.1, 0.15) is 11.6 Å². The molecule has 0 spiro atoms. The van der Waals surface area contributed by atoms with Crippen LogP contribution in [0.25, 0.3) is 5.52 Å². The van der Waals surface area contributed by atoms with Gasteiger partial charge in [-0.05, 0) is 56.0 Å². The highest BCUT2D eigenvalue weighted by Crippen LogP contribution is 2.38. The van der Waals surface area contributed by atoms with Crippen LogP contribution in [0.15, 0.2) is 42.7 Å². The van der Waals surface area contributed by atoms with Crippen LogP contribution < -0.4 is 9.62 Å². The molecule has 1 atom stereocenters. The number of carbonyl (C=O) groups excluding carboxylic acids is 1. The number of anilines is 1. The maximum Gasteiger partial charge on any atom is 0.268 e. The Hall–Kier alpha value is -3.01. The van der Waals surface area contributed by atoms with Crippen molar-refractivity contribution in [3.63, 3.8) is 0 Å². The lowest BCUT2D eigenvalue weighted by molar-refractivity contribution is 0.0982. The summed E-state index contributed by atoms with van der Waals surface area (Å²) < 4.78 is 57.5. The van der Waals surface area contributed by atoms with Crippen LogP contribution in [-0.4, -0.2) is 35.7 Å². The molecule has 34 heavy (non-hydrogen) atoms. The second-order valence-electron chi connectivity index (χ2n) is 9.03. The average molecular weight is 489 g/mol. The molecule has 7 nitrogen and oxygen atoms in total. The first-order chi connectivity index (χ1) is 16.3. The van der Waals surface area contributed by atoms with Gasteiger partial charge in [-0.3, -0.25) is 4.79 Å². The summed E-state index contributed by atoms with van der Waals surface area (Å²) in [5, 5.41) is 3.62. The molecule has 1 saturated carbocycles. The predicted octanol–water partition coefficient (Wildman–Crippen LogP) is 4.35. The van der Waals surface area contributed by atoms with E-state index in [-0.39, 0.29) is 11.6 Å². The van der Waals surface area contributed by atoms with Crippen molar-refractivity contribution in [1.29, 1.82) is 0 Å². The van der Waals surface area contributed by atoms with Gasteiger partial charge in [-0.15, -0.1) is 0 Å². The fourth-order valence-electron chi connectivity index (χ4n) is 5.14. The number of pyridine rings is 1. The second kappa shape index (κ2) is 8.98. The summed E-state index contributed by atoms with van der Waals surface area (Å²) >= 11 is 0. The second-order valence-corrected chi connectivity index (χ2v) is 11.0. The van der Waals surface area contributed by atoms with Gasteiger partial charge in [0.25, 0.3) is 5.91 Å². The summed E-state index contributed by atoms with van der Waals surface area (Å²) in [6.07, 6.45) is 8.27. The lowest BCUT2D eigenvalue weighted by Gasteiger charge is -2.27. The number of rotatable bonds is 5. The van der Waals surface area contributed by atoms with E-state index in [1.807, 2.05) is 4.90 Å². The monoisotopic (exact) mass is 488 g/mol. The third-order valence-electron chi connectivity index (χ3n) is 6.88. The highest BCUT2D eigenvalue weighted by molar-refractivity contribution is 7.90. The number of nitrogens with zero attached hydrogens (tertiary/aromatic N) is 3. The van der Waals surface area contributed by atoms with Gasteiger partial charge in [0, 0.05) is 24.0 Å². The Labute approximate surface area is 196 Å². The summed E-state index contributed by atoms with van der Waals surface area (Å²) in [6.45, 7) is 0.641. The van der Waals surface area contributed by atoms with E-state index in [1.165, 1.54) is 16.8 Å². The third-order valence-corrected chi connectivity index (χ3v) is 8.70. The molecule has 1 aliphatic heterocycles. The maximum atomic E-state index is 14.5. The quantitative estimate of drug-likeness (QED) is 0.578. The van der Waals surface area contributed by atoms with Crippen molar-refractivity contribution in [3.05, 3.63) is 65.5 Å². The molecule has 1 aliphatic carbocycles. The molecule has 1 amide bonds. The highest BCUT2D eigenvalue weighted by Gasteiger charge is 2.31. The number of benzene rings is 1. The first-order valence-electron chi connectivity index (χ1n) is 11.6. The number of fused-ring (bicyclic) bond motifs is 1. The largest absolute Gasteiger partial charge is 0.364 e. The first kappa shape index (κ1) is 22.8. The number of hydrogen-bond acceptors (Lipinski definition) is 5. The number of sulfonamides is 1. The van der Waals surface area contributed by atoms with Crippen LogP contribution in [0.5, 0.6) is 0 Å². The molecule has 10 heteroatoms. The summed E-state index contributed by atoms with van der Waals surface area (Å²) in [6, 6.07) is 6.66. The van der Waals surface area contributed by atoms with Crippen molar-refractivity contribution in [1.82, 2.24) is 14.3 Å². The third kappa shape index (κ3) is 4.26. The zero-order valence-electron chi connectivity index (χ0n) is 18.6. The Morgan fingerprint density at radius 3 is 2.62 bits per heavy atom. The van der Waals surface area contributed by atoms with Gasteiger partial charge >= 0.3 is 0 Å². The summed E-state index contributed by atoms with van der Waals surface area (Å²) in [4.78, 5) is 14.9. The molecule has 0 bridgehead atoms. The minimum atomic E-state index is -3.78. The minimum absolute atomic E-state index is 0.147. The zero-order chi connectivity index (χ0) is 23.9. The van der Waals surface area contributed by atoms with Crippen molar-refractivity contribution >= 4 is 27.1 Å². The standard InChI is InChI=1S/C24H26F2N4O3S/c25-16-8-9-21(26)19(13-16)22-7-4-11-29(22)17-10-12-30-23(14-17)20(15-27-30)24(31)28-34(32,33)18-5-2-1-3-6-18/h8-10,12-15,18,22H,1-7,11H2,(H,28,31). The molecule has 180 valence electrons. The van der Waals surface area contributed by atoms with Crippen molar-refractivity contribution in [2.24, 2.45) is 0 Å². The minimum Gasteiger partial charge on any atom is -0.364 e. The van der Waals surface area contributed by atoms with Gasteiger partial charge in [0.05, 0.1) is 28.6 Å². The van der Waals surface area contributed by atoms with E-state index in [2.05, 4.69) is 9.82 Å². The normalized spacial score (nSPS) is 19.6. The molecule has 3 heterocycles. The Morgan fingerprint density at radius 1 is 1.03 bits per heavy atom. The molecule has 5 rings (SSSR count). The Morgan fingerprint density at radius 2 is 1.82 bits per heavy atom. The molecule has 3 aromatic rings. The molecule has 0 radical (unpaired) electrons. The van der Waals surface area contributed by atoms with Gasteiger partial charge in [-0.1, -0.05) is 19.3 Å². The van der Waals surface area contributed by atoms with Crippen LogP contribution in [0.1, 0.15) is 66.9 Å². The smallest absolute Gasteiger partial charge is 0.268 e. The number of amides is 1. The van der Waals surface area contributed by atoms with Crippen molar-refractivity contribution in [3.8, 4) is 0 Å². The van der Waals surface area contributed by atoms with E-state index >= 15 is 0 Å². The number of carbonyl (C=O) groups is 1. The van der Waals surface area contributed by atoms with Gasteiger partial charge in [0.15, 0.2) is 0 Å². The summed E-state index contributed by atoms with van der Waals surface area (Å²) in [5.41, 5.74) is 1.61. The van der Waals surface area contributed by atoms with E-state index in [4.69, 9.17) is 0 Å². The lowest BCUT2D eigenvalue weighted by atomic mass is 10.0. The molecule has 1 N–H and O–H groups in total. The molecular weight excluding hydrogens is 462 g/mol. The maximum absolute atomic E-state index is 14.5. The lowest BCUT2D eigenvalue weighted by Crippen LogP contribution is -2.39. The van der Waals surface area contributed by atoms with Gasteiger partial charge in [-0.2, -0.15) is 5.10 Å². The number of hydrogen-bond donors (Lipinski definition) is 1. The topological polar surface area (TPSA) is 83.8 Å².